The summed E-state index contributed by atoms with van der Waals surface area (Å²) in [7, 11) is 1.76. The van der Waals surface area contributed by atoms with Gasteiger partial charge in [0, 0.05) is 18.3 Å². The Balaban J connectivity index is 1.56. The molecular formula is C23H20FN3O. The lowest BCUT2D eigenvalue weighted by atomic mass is 10.1. The van der Waals surface area contributed by atoms with E-state index in [0.29, 0.717) is 5.56 Å². The van der Waals surface area contributed by atoms with Crippen LogP contribution in [0.25, 0.3) is 16.7 Å². The molecule has 0 fully saturated rings. The van der Waals surface area contributed by atoms with Crippen LogP contribution in [-0.4, -0.2) is 27.4 Å². The van der Waals surface area contributed by atoms with Gasteiger partial charge >= 0.3 is 0 Å². The molecule has 4 nitrogen and oxygen atoms in total. The topological polar surface area (TPSA) is 38.1 Å². The Morgan fingerprint density at radius 2 is 1.68 bits per heavy atom. The van der Waals surface area contributed by atoms with E-state index in [2.05, 4.69) is 4.98 Å². The number of para-hydroxylation sites is 2. The molecule has 0 radical (unpaired) electrons. The molecule has 28 heavy (non-hydrogen) atoms. The second-order valence-electron chi connectivity index (χ2n) is 6.79. The lowest BCUT2D eigenvalue weighted by Gasteiger charge is -2.25. The molecule has 0 saturated heterocycles. The minimum Gasteiger partial charge on any atom is -0.335 e. The molecule has 1 heterocycles. The van der Waals surface area contributed by atoms with E-state index in [4.69, 9.17) is 0 Å². The molecule has 0 aliphatic rings. The second-order valence-corrected chi connectivity index (χ2v) is 6.79. The molecule has 0 saturated carbocycles. The van der Waals surface area contributed by atoms with Crippen LogP contribution in [0, 0.1) is 5.82 Å². The number of carbonyl (C=O) groups is 1. The number of benzene rings is 3. The molecule has 0 unspecified atom stereocenters. The van der Waals surface area contributed by atoms with Crippen LogP contribution < -0.4 is 0 Å². The summed E-state index contributed by atoms with van der Waals surface area (Å²) in [5, 5.41) is 0. The van der Waals surface area contributed by atoms with Gasteiger partial charge in [0.15, 0.2) is 0 Å². The smallest absolute Gasteiger partial charge is 0.254 e. The molecule has 0 N–H and O–H groups in total. The standard InChI is InChI=1S/C23H20FN3O/c1-16(26(2)23(28)18-7-11-19(24)12-8-18)17-9-13-20(14-10-17)27-15-25-21-5-3-4-6-22(21)27/h3-16H,1-2H3/t16-/m0/s1. The van der Waals surface area contributed by atoms with Gasteiger partial charge in [-0.25, -0.2) is 9.37 Å². The van der Waals surface area contributed by atoms with Crippen LogP contribution in [0.2, 0.25) is 0 Å². The van der Waals surface area contributed by atoms with Crippen LogP contribution in [-0.2, 0) is 0 Å². The number of amides is 1. The molecular weight excluding hydrogens is 353 g/mol. The Labute approximate surface area is 162 Å². The molecule has 0 bridgehead atoms. The molecule has 1 amide bonds. The third kappa shape index (κ3) is 3.27. The van der Waals surface area contributed by atoms with Gasteiger partial charge in [-0.1, -0.05) is 24.3 Å². The number of hydrogen-bond acceptors (Lipinski definition) is 2. The van der Waals surface area contributed by atoms with E-state index in [1.54, 1.807) is 11.9 Å². The van der Waals surface area contributed by atoms with Crippen LogP contribution in [0.4, 0.5) is 4.39 Å². The highest BCUT2D eigenvalue weighted by atomic mass is 19.1. The number of carbonyl (C=O) groups excluding carboxylic acids is 1. The fourth-order valence-corrected chi connectivity index (χ4v) is 3.27. The van der Waals surface area contributed by atoms with Crippen molar-refractivity contribution in [3.63, 3.8) is 0 Å². The Morgan fingerprint density at radius 1 is 1.00 bits per heavy atom. The number of aromatic nitrogens is 2. The van der Waals surface area contributed by atoms with Gasteiger partial charge in [-0.2, -0.15) is 0 Å². The number of nitrogens with zero attached hydrogens (tertiary/aromatic N) is 3. The molecule has 140 valence electrons. The average molecular weight is 373 g/mol. The highest BCUT2D eigenvalue weighted by Crippen LogP contribution is 2.24. The fourth-order valence-electron chi connectivity index (χ4n) is 3.27. The lowest BCUT2D eigenvalue weighted by molar-refractivity contribution is 0.0742. The van der Waals surface area contributed by atoms with Crippen molar-refractivity contribution in [1.29, 1.82) is 0 Å². The van der Waals surface area contributed by atoms with Gasteiger partial charge < -0.3 is 4.90 Å². The van der Waals surface area contributed by atoms with Crippen molar-refractivity contribution in [1.82, 2.24) is 14.5 Å². The zero-order chi connectivity index (χ0) is 19.7. The molecule has 1 atom stereocenters. The minimum atomic E-state index is -0.352. The van der Waals surface area contributed by atoms with Crippen molar-refractivity contribution in [3.8, 4) is 5.69 Å². The molecule has 4 aromatic rings. The van der Waals surface area contributed by atoms with Crippen LogP contribution in [0.1, 0.15) is 28.9 Å². The first-order valence-corrected chi connectivity index (χ1v) is 9.10. The average Bonchev–Trinajstić information content (AvgIpc) is 3.17. The predicted octanol–water partition coefficient (Wildman–Crippen LogP) is 5.00. The molecule has 0 spiro atoms. The van der Waals surface area contributed by atoms with E-state index in [0.717, 1.165) is 22.3 Å². The monoisotopic (exact) mass is 373 g/mol. The summed E-state index contributed by atoms with van der Waals surface area (Å²) in [6, 6.07) is 21.6. The summed E-state index contributed by atoms with van der Waals surface area (Å²) in [5.74, 6) is -0.493. The van der Waals surface area contributed by atoms with E-state index in [1.807, 2.05) is 66.3 Å². The normalized spacial score (nSPS) is 12.1. The van der Waals surface area contributed by atoms with Crippen molar-refractivity contribution >= 4 is 16.9 Å². The number of imidazole rings is 1. The van der Waals surface area contributed by atoms with Crippen molar-refractivity contribution in [2.45, 2.75) is 13.0 Å². The molecule has 0 aliphatic heterocycles. The minimum absolute atomic E-state index is 0.119. The van der Waals surface area contributed by atoms with Gasteiger partial charge in [0.2, 0.25) is 0 Å². The fraction of sp³-hybridized carbons (Fsp3) is 0.130. The maximum Gasteiger partial charge on any atom is 0.254 e. The van der Waals surface area contributed by atoms with Crippen molar-refractivity contribution in [2.24, 2.45) is 0 Å². The third-order valence-corrected chi connectivity index (χ3v) is 5.10. The highest BCUT2D eigenvalue weighted by Gasteiger charge is 2.19. The number of fused-ring (bicyclic) bond motifs is 1. The van der Waals surface area contributed by atoms with Crippen LogP contribution >= 0.6 is 0 Å². The highest BCUT2D eigenvalue weighted by molar-refractivity contribution is 5.94. The van der Waals surface area contributed by atoms with E-state index < -0.39 is 0 Å². The van der Waals surface area contributed by atoms with Crippen molar-refractivity contribution in [3.05, 3.63) is 96.1 Å². The van der Waals surface area contributed by atoms with Gasteiger partial charge in [-0.3, -0.25) is 9.36 Å². The summed E-state index contributed by atoms with van der Waals surface area (Å²) in [4.78, 5) is 18.8. The van der Waals surface area contributed by atoms with E-state index in [9.17, 15) is 9.18 Å². The van der Waals surface area contributed by atoms with Crippen LogP contribution in [0.15, 0.2) is 79.1 Å². The molecule has 5 heteroatoms. The largest absolute Gasteiger partial charge is 0.335 e. The van der Waals surface area contributed by atoms with Gasteiger partial charge in [0.25, 0.3) is 5.91 Å². The lowest BCUT2D eigenvalue weighted by Crippen LogP contribution is -2.29. The van der Waals surface area contributed by atoms with Gasteiger partial charge in [0.05, 0.1) is 17.1 Å². The second kappa shape index (κ2) is 7.27. The molecule has 1 aromatic heterocycles. The maximum atomic E-state index is 13.1. The third-order valence-electron chi connectivity index (χ3n) is 5.10. The summed E-state index contributed by atoms with van der Waals surface area (Å²) in [6.45, 7) is 1.98. The van der Waals surface area contributed by atoms with E-state index in [-0.39, 0.29) is 17.8 Å². The quantitative estimate of drug-likeness (QED) is 0.505. The SMILES string of the molecule is C[C@@H](c1ccc(-n2cnc3ccccc32)cc1)N(C)C(=O)c1ccc(F)cc1. The first-order valence-electron chi connectivity index (χ1n) is 9.10. The van der Waals surface area contributed by atoms with Gasteiger partial charge in [-0.05, 0) is 61.0 Å². The molecule has 0 aliphatic carbocycles. The van der Waals surface area contributed by atoms with Gasteiger partial charge in [-0.15, -0.1) is 0 Å². The predicted molar refractivity (Wildman–Crippen MR) is 108 cm³/mol. The van der Waals surface area contributed by atoms with Crippen LogP contribution in [0.5, 0.6) is 0 Å². The summed E-state index contributed by atoms with van der Waals surface area (Å²) >= 11 is 0. The maximum absolute atomic E-state index is 13.1. The van der Waals surface area contributed by atoms with Crippen molar-refractivity contribution < 1.29 is 9.18 Å². The zero-order valence-electron chi connectivity index (χ0n) is 15.7. The number of rotatable bonds is 4. The first-order chi connectivity index (χ1) is 13.5. The summed E-state index contributed by atoms with van der Waals surface area (Å²) < 4.78 is 15.1. The van der Waals surface area contributed by atoms with Crippen LogP contribution in [0.3, 0.4) is 0 Å². The first kappa shape index (κ1) is 17.9. The van der Waals surface area contributed by atoms with E-state index >= 15 is 0 Å². The zero-order valence-corrected chi connectivity index (χ0v) is 15.7. The summed E-state index contributed by atoms with van der Waals surface area (Å²) in [6.07, 6.45) is 1.81. The Kier molecular flexibility index (Phi) is 4.65. The van der Waals surface area contributed by atoms with E-state index in [1.165, 1.54) is 24.3 Å². The Hall–Kier alpha value is -3.47. The Morgan fingerprint density at radius 3 is 2.39 bits per heavy atom. The number of hydrogen-bond donors (Lipinski definition) is 0. The van der Waals surface area contributed by atoms with Gasteiger partial charge in [0.1, 0.15) is 12.1 Å². The number of halogens is 1. The molecule has 3 aromatic carbocycles. The Bertz CT molecular complexity index is 1120. The molecule has 4 rings (SSSR count). The van der Waals surface area contributed by atoms with Crippen molar-refractivity contribution in [2.75, 3.05) is 7.05 Å². The summed E-state index contributed by atoms with van der Waals surface area (Å²) in [5.41, 5.74) is 4.50.